The number of anilines is 2. The van der Waals surface area contributed by atoms with Gasteiger partial charge in [-0.15, -0.1) is 0 Å². The SMILES string of the molecule is CNC(=O)Nc1ccc(NS(=O)(=O)c2cc(F)ccc2F)cc1. The molecule has 0 atom stereocenters. The number of urea groups is 1. The fraction of sp³-hybridized carbons (Fsp3) is 0.0714. The van der Waals surface area contributed by atoms with Gasteiger partial charge >= 0.3 is 6.03 Å². The van der Waals surface area contributed by atoms with Gasteiger partial charge < -0.3 is 10.6 Å². The van der Waals surface area contributed by atoms with Crippen LogP contribution in [0, 0.1) is 11.6 Å². The van der Waals surface area contributed by atoms with Gasteiger partial charge in [-0.3, -0.25) is 4.72 Å². The van der Waals surface area contributed by atoms with E-state index in [1.165, 1.54) is 31.3 Å². The number of sulfonamides is 1. The van der Waals surface area contributed by atoms with Crippen LogP contribution in [-0.2, 0) is 10.0 Å². The highest BCUT2D eigenvalue weighted by Gasteiger charge is 2.20. The van der Waals surface area contributed by atoms with E-state index in [-0.39, 0.29) is 5.69 Å². The van der Waals surface area contributed by atoms with Crippen LogP contribution < -0.4 is 15.4 Å². The zero-order chi connectivity index (χ0) is 17.0. The molecule has 23 heavy (non-hydrogen) atoms. The number of benzene rings is 2. The number of nitrogens with one attached hydrogen (secondary N) is 3. The fourth-order valence-corrected chi connectivity index (χ4v) is 2.86. The Balaban J connectivity index is 2.20. The summed E-state index contributed by atoms with van der Waals surface area (Å²) < 4.78 is 53.0. The molecule has 0 aliphatic carbocycles. The molecule has 6 nitrogen and oxygen atoms in total. The van der Waals surface area contributed by atoms with Crippen molar-refractivity contribution in [3.63, 3.8) is 0 Å². The Morgan fingerprint density at radius 1 is 1.00 bits per heavy atom. The van der Waals surface area contributed by atoms with Crippen LogP contribution in [0.5, 0.6) is 0 Å². The van der Waals surface area contributed by atoms with Crippen molar-refractivity contribution in [2.45, 2.75) is 4.90 Å². The molecule has 0 radical (unpaired) electrons. The van der Waals surface area contributed by atoms with Crippen molar-refractivity contribution in [2.75, 3.05) is 17.1 Å². The van der Waals surface area contributed by atoms with E-state index in [9.17, 15) is 22.0 Å². The lowest BCUT2D eigenvalue weighted by atomic mass is 10.3. The predicted molar refractivity (Wildman–Crippen MR) is 81.7 cm³/mol. The Hall–Kier alpha value is -2.68. The Morgan fingerprint density at radius 2 is 1.61 bits per heavy atom. The maximum Gasteiger partial charge on any atom is 0.318 e. The summed E-state index contributed by atoms with van der Waals surface area (Å²) in [6, 6.07) is 7.39. The molecule has 0 aromatic heterocycles. The summed E-state index contributed by atoms with van der Waals surface area (Å²) >= 11 is 0. The van der Waals surface area contributed by atoms with E-state index >= 15 is 0 Å². The smallest absolute Gasteiger partial charge is 0.318 e. The minimum absolute atomic E-state index is 0.135. The van der Waals surface area contributed by atoms with E-state index in [0.29, 0.717) is 11.8 Å². The van der Waals surface area contributed by atoms with Crippen molar-refractivity contribution >= 4 is 27.4 Å². The fourth-order valence-electron chi connectivity index (χ4n) is 1.71. The normalized spacial score (nSPS) is 10.9. The van der Waals surface area contributed by atoms with Crippen LogP contribution in [0.25, 0.3) is 0 Å². The molecule has 0 saturated carbocycles. The van der Waals surface area contributed by atoms with Crippen LogP contribution >= 0.6 is 0 Å². The summed E-state index contributed by atoms with van der Waals surface area (Å²) in [6.45, 7) is 0. The van der Waals surface area contributed by atoms with E-state index in [1.807, 2.05) is 0 Å². The van der Waals surface area contributed by atoms with Crippen LogP contribution in [0.4, 0.5) is 25.0 Å². The maximum atomic E-state index is 13.6. The van der Waals surface area contributed by atoms with Crippen LogP contribution in [0.15, 0.2) is 47.4 Å². The van der Waals surface area contributed by atoms with Crippen LogP contribution in [0.1, 0.15) is 0 Å². The highest BCUT2D eigenvalue weighted by atomic mass is 32.2. The van der Waals surface area contributed by atoms with Gasteiger partial charge in [0, 0.05) is 18.4 Å². The summed E-state index contributed by atoms with van der Waals surface area (Å²) in [5, 5.41) is 4.85. The molecule has 0 unspecified atom stereocenters. The average molecular weight is 341 g/mol. The van der Waals surface area contributed by atoms with Gasteiger partial charge in [-0.1, -0.05) is 0 Å². The zero-order valence-corrected chi connectivity index (χ0v) is 12.7. The monoisotopic (exact) mass is 341 g/mol. The number of carbonyl (C=O) groups excluding carboxylic acids is 1. The van der Waals surface area contributed by atoms with Gasteiger partial charge in [-0.05, 0) is 42.5 Å². The second kappa shape index (κ2) is 6.61. The van der Waals surface area contributed by atoms with Gasteiger partial charge in [0.15, 0.2) is 0 Å². The minimum atomic E-state index is -4.27. The molecule has 122 valence electrons. The zero-order valence-electron chi connectivity index (χ0n) is 11.9. The molecule has 0 aliphatic heterocycles. The second-order valence-corrected chi connectivity index (χ2v) is 6.11. The molecule has 9 heteroatoms. The minimum Gasteiger partial charge on any atom is -0.341 e. The molecular formula is C14H13F2N3O3S. The van der Waals surface area contributed by atoms with E-state index in [2.05, 4.69) is 15.4 Å². The third-order valence-electron chi connectivity index (χ3n) is 2.80. The quantitative estimate of drug-likeness (QED) is 0.798. The standard InChI is InChI=1S/C14H13F2N3O3S/c1-17-14(20)18-10-3-5-11(6-4-10)19-23(21,22)13-8-9(15)2-7-12(13)16/h2-8,19H,1H3,(H2,17,18,20). The molecule has 0 saturated heterocycles. The van der Waals surface area contributed by atoms with Gasteiger partial charge in [-0.25, -0.2) is 22.0 Å². The molecule has 0 heterocycles. The molecule has 0 aliphatic rings. The van der Waals surface area contributed by atoms with E-state index in [0.717, 1.165) is 12.1 Å². The van der Waals surface area contributed by atoms with E-state index in [1.54, 1.807) is 0 Å². The second-order valence-electron chi connectivity index (χ2n) is 4.46. The number of carbonyl (C=O) groups is 1. The van der Waals surface area contributed by atoms with Gasteiger partial charge in [-0.2, -0.15) is 0 Å². The largest absolute Gasteiger partial charge is 0.341 e. The molecule has 0 fully saturated rings. The Kier molecular flexibility index (Phi) is 4.80. The number of hydrogen-bond donors (Lipinski definition) is 3. The third-order valence-corrected chi connectivity index (χ3v) is 4.20. The highest BCUT2D eigenvalue weighted by Crippen LogP contribution is 2.21. The molecule has 2 aromatic carbocycles. The number of halogens is 2. The molecule has 3 N–H and O–H groups in total. The van der Waals surface area contributed by atoms with Crippen LogP contribution in [-0.4, -0.2) is 21.5 Å². The van der Waals surface area contributed by atoms with Crippen molar-refractivity contribution in [3.8, 4) is 0 Å². The lowest BCUT2D eigenvalue weighted by molar-refractivity contribution is 0.254. The number of hydrogen-bond acceptors (Lipinski definition) is 3. The van der Waals surface area contributed by atoms with Gasteiger partial charge in [0.1, 0.15) is 16.5 Å². The van der Waals surface area contributed by atoms with Crippen LogP contribution in [0.2, 0.25) is 0 Å². The average Bonchev–Trinajstić information content (AvgIpc) is 2.51. The van der Waals surface area contributed by atoms with Crippen molar-refractivity contribution in [1.29, 1.82) is 0 Å². The predicted octanol–water partition coefficient (Wildman–Crippen LogP) is 2.52. The first-order chi connectivity index (χ1) is 10.8. The summed E-state index contributed by atoms with van der Waals surface area (Å²) in [4.78, 5) is 10.4. The van der Waals surface area contributed by atoms with Crippen LogP contribution in [0.3, 0.4) is 0 Å². The summed E-state index contributed by atoms with van der Waals surface area (Å²) in [7, 11) is -2.82. The topological polar surface area (TPSA) is 87.3 Å². The van der Waals surface area contributed by atoms with E-state index < -0.39 is 32.6 Å². The van der Waals surface area contributed by atoms with E-state index in [4.69, 9.17) is 0 Å². The van der Waals surface area contributed by atoms with Crippen molar-refractivity contribution in [1.82, 2.24) is 5.32 Å². The van der Waals surface area contributed by atoms with Gasteiger partial charge in [0.05, 0.1) is 0 Å². The number of rotatable bonds is 4. The summed E-state index contributed by atoms with van der Waals surface area (Å²) in [6.07, 6.45) is 0. The Bertz CT molecular complexity index is 824. The molecule has 2 aromatic rings. The Labute approximate surface area is 131 Å². The summed E-state index contributed by atoms with van der Waals surface area (Å²) in [5.41, 5.74) is 0.570. The first-order valence-electron chi connectivity index (χ1n) is 6.38. The molecule has 0 bridgehead atoms. The molecular weight excluding hydrogens is 328 g/mol. The Morgan fingerprint density at radius 3 is 2.22 bits per heavy atom. The summed E-state index contributed by atoms with van der Waals surface area (Å²) in [5.74, 6) is -1.92. The molecule has 2 rings (SSSR count). The number of amides is 2. The molecule has 0 spiro atoms. The lowest BCUT2D eigenvalue weighted by Gasteiger charge is -2.10. The van der Waals surface area contributed by atoms with Gasteiger partial charge in [0.2, 0.25) is 0 Å². The first-order valence-corrected chi connectivity index (χ1v) is 7.87. The maximum absolute atomic E-state index is 13.6. The highest BCUT2D eigenvalue weighted by molar-refractivity contribution is 7.92. The lowest BCUT2D eigenvalue weighted by Crippen LogP contribution is -2.24. The van der Waals surface area contributed by atoms with Gasteiger partial charge in [0.25, 0.3) is 10.0 Å². The van der Waals surface area contributed by atoms with Crippen molar-refractivity contribution in [3.05, 3.63) is 54.1 Å². The van der Waals surface area contributed by atoms with Crippen molar-refractivity contribution < 1.29 is 22.0 Å². The third kappa shape index (κ3) is 4.16. The first kappa shape index (κ1) is 16.7. The molecule has 2 amide bonds. The van der Waals surface area contributed by atoms with Crippen molar-refractivity contribution in [2.24, 2.45) is 0 Å².